The van der Waals surface area contributed by atoms with E-state index in [4.69, 9.17) is 0 Å². The number of likely N-dealkylation sites (N-methyl/N-ethyl adjacent to an activating group) is 1. The Hall–Kier alpha value is 0.430. The maximum absolute atomic E-state index is 2.33. The van der Waals surface area contributed by atoms with Gasteiger partial charge in [-0.3, -0.25) is 0 Å². The third-order valence-corrected chi connectivity index (χ3v) is 1.23. The van der Waals surface area contributed by atoms with Crippen LogP contribution in [0.3, 0.4) is 0 Å². The second kappa shape index (κ2) is 5.56. The Morgan fingerprint density at radius 1 is 1.38 bits per heavy atom. The minimum absolute atomic E-state index is 1.06. The molecule has 0 N–H and O–H groups in total. The lowest BCUT2D eigenvalue weighted by Crippen LogP contribution is -2.10. The summed E-state index contributed by atoms with van der Waals surface area (Å²) in [4.78, 5) is 2.14. The van der Waals surface area contributed by atoms with E-state index in [1.54, 1.807) is 0 Å². The molecule has 0 aliphatic heterocycles. The topological polar surface area (TPSA) is 3.24 Å². The highest BCUT2D eigenvalue weighted by molar-refractivity contribution is 14.1. The first-order chi connectivity index (χ1) is 3.77. The zero-order valence-corrected chi connectivity index (χ0v) is 7.55. The number of hydrogen-bond donors (Lipinski definition) is 0. The van der Waals surface area contributed by atoms with E-state index in [9.17, 15) is 0 Å². The molecule has 0 saturated carbocycles. The molecular formula is C6H12IN. The molecule has 0 atom stereocenters. The minimum Gasteiger partial charge on any atom is -0.306 e. The first kappa shape index (κ1) is 8.43. The maximum Gasteiger partial charge on any atom is 0.0176 e. The Balaban J connectivity index is 3.03. The average Bonchev–Trinajstić information content (AvgIpc) is 1.66. The molecule has 0 saturated heterocycles. The number of allylic oxidation sites excluding steroid dienone is 1. The summed E-state index contributed by atoms with van der Waals surface area (Å²) in [5, 5.41) is 0. The van der Waals surface area contributed by atoms with E-state index in [-0.39, 0.29) is 0 Å². The van der Waals surface area contributed by atoms with E-state index in [1.165, 1.54) is 0 Å². The number of hydrogen-bond acceptors (Lipinski definition) is 1. The van der Waals surface area contributed by atoms with Crippen LogP contribution in [0.15, 0.2) is 12.2 Å². The monoisotopic (exact) mass is 225 g/mol. The van der Waals surface area contributed by atoms with Crippen molar-refractivity contribution in [2.24, 2.45) is 0 Å². The molecule has 0 rings (SSSR count). The van der Waals surface area contributed by atoms with E-state index < -0.39 is 0 Å². The number of halogens is 1. The van der Waals surface area contributed by atoms with Gasteiger partial charge < -0.3 is 4.90 Å². The van der Waals surface area contributed by atoms with Crippen LogP contribution in [0.4, 0.5) is 0 Å². The molecule has 0 aromatic carbocycles. The summed E-state index contributed by atoms with van der Waals surface area (Å²) in [6, 6.07) is 0. The summed E-state index contributed by atoms with van der Waals surface area (Å²) in [6.45, 7) is 1.06. The van der Waals surface area contributed by atoms with Crippen LogP contribution in [0, 0.1) is 0 Å². The fourth-order valence-corrected chi connectivity index (χ4v) is 0.708. The lowest BCUT2D eigenvalue weighted by molar-refractivity contribution is 0.456. The van der Waals surface area contributed by atoms with Crippen molar-refractivity contribution in [3.8, 4) is 0 Å². The maximum atomic E-state index is 2.33. The van der Waals surface area contributed by atoms with Gasteiger partial charge in [-0.25, -0.2) is 0 Å². The van der Waals surface area contributed by atoms with E-state index in [2.05, 4.69) is 53.7 Å². The summed E-state index contributed by atoms with van der Waals surface area (Å²) >= 11 is 2.33. The van der Waals surface area contributed by atoms with Crippen LogP contribution >= 0.6 is 22.6 Å². The van der Waals surface area contributed by atoms with Crippen molar-refractivity contribution < 1.29 is 0 Å². The Morgan fingerprint density at radius 2 is 2.00 bits per heavy atom. The number of alkyl halides is 1. The molecule has 0 aromatic heterocycles. The Morgan fingerprint density at radius 3 is 2.38 bits per heavy atom. The van der Waals surface area contributed by atoms with Crippen molar-refractivity contribution in [1.82, 2.24) is 4.90 Å². The molecule has 0 radical (unpaired) electrons. The lowest BCUT2D eigenvalue weighted by atomic mass is 10.5. The second-order valence-corrected chi connectivity index (χ2v) is 2.77. The van der Waals surface area contributed by atoms with Crippen LogP contribution in [0.1, 0.15) is 0 Å². The summed E-state index contributed by atoms with van der Waals surface area (Å²) < 4.78 is 1.12. The predicted molar refractivity (Wildman–Crippen MR) is 46.6 cm³/mol. The lowest BCUT2D eigenvalue weighted by Gasteiger charge is -2.02. The molecule has 0 fully saturated rings. The van der Waals surface area contributed by atoms with Gasteiger partial charge in [0.15, 0.2) is 0 Å². The zero-order chi connectivity index (χ0) is 6.41. The zero-order valence-electron chi connectivity index (χ0n) is 5.39. The molecule has 0 aliphatic carbocycles. The summed E-state index contributed by atoms with van der Waals surface area (Å²) in [5.74, 6) is 0. The molecule has 0 bridgehead atoms. The van der Waals surface area contributed by atoms with Gasteiger partial charge in [0.05, 0.1) is 0 Å². The van der Waals surface area contributed by atoms with Gasteiger partial charge in [-0.1, -0.05) is 34.7 Å². The molecular weight excluding hydrogens is 213 g/mol. The highest BCUT2D eigenvalue weighted by Crippen LogP contribution is 1.83. The molecule has 0 aromatic rings. The highest BCUT2D eigenvalue weighted by atomic mass is 127. The van der Waals surface area contributed by atoms with Gasteiger partial charge in [0.25, 0.3) is 0 Å². The van der Waals surface area contributed by atoms with Gasteiger partial charge in [-0.2, -0.15) is 0 Å². The molecule has 1 nitrogen and oxygen atoms in total. The molecule has 8 heavy (non-hydrogen) atoms. The summed E-state index contributed by atoms with van der Waals surface area (Å²) in [6.07, 6.45) is 4.34. The van der Waals surface area contributed by atoms with Gasteiger partial charge >= 0.3 is 0 Å². The summed E-state index contributed by atoms with van der Waals surface area (Å²) in [7, 11) is 4.13. The Labute approximate surface area is 64.9 Å². The average molecular weight is 225 g/mol. The van der Waals surface area contributed by atoms with Gasteiger partial charge in [0, 0.05) is 11.0 Å². The third-order valence-electron chi connectivity index (χ3n) is 0.726. The second-order valence-electron chi connectivity index (χ2n) is 1.89. The molecule has 48 valence electrons. The third kappa shape index (κ3) is 6.43. The molecule has 0 unspecified atom stereocenters. The van der Waals surface area contributed by atoms with Crippen LogP contribution in [0.2, 0.25) is 0 Å². The fourth-order valence-electron chi connectivity index (χ4n) is 0.348. The highest BCUT2D eigenvalue weighted by Gasteiger charge is 1.78. The van der Waals surface area contributed by atoms with Gasteiger partial charge in [-0.15, -0.1) is 0 Å². The van der Waals surface area contributed by atoms with Crippen molar-refractivity contribution in [1.29, 1.82) is 0 Å². The van der Waals surface area contributed by atoms with E-state index in [1.807, 2.05) is 0 Å². The molecule has 0 amide bonds. The largest absolute Gasteiger partial charge is 0.306 e. The van der Waals surface area contributed by atoms with E-state index in [0.29, 0.717) is 0 Å². The summed E-state index contributed by atoms with van der Waals surface area (Å²) in [5.41, 5.74) is 0. The first-order valence-corrected chi connectivity index (χ1v) is 4.15. The number of nitrogens with zero attached hydrogens (tertiary/aromatic N) is 1. The predicted octanol–water partition coefficient (Wildman–Crippen LogP) is 1.54. The van der Waals surface area contributed by atoms with Gasteiger partial charge in [0.2, 0.25) is 0 Å². The molecule has 2 heteroatoms. The van der Waals surface area contributed by atoms with Crippen molar-refractivity contribution in [3.63, 3.8) is 0 Å². The molecule has 0 heterocycles. The van der Waals surface area contributed by atoms with Crippen molar-refractivity contribution in [2.75, 3.05) is 25.1 Å². The van der Waals surface area contributed by atoms with Crippen LogP contribution in [0.25, 0.3) is 0 Å². The Bertz CT molecular complexity index is 68.9. The smallest absolute Gasteiger partial charge is 0.0176 e. The van der Waals surface area contributed by atoms with Crippen molar-refractivity contribution in [2.45, 2.75) is 0 Å². The van der Waals surface area contributed by atoms with Crippen molar-refractivity contribution >= 4 is 22.6 Å². The minimum atomic E-state index is 1.06. The SMILES string of the molecule is CN(C)C/C=C\CI. The molecule has 0 spiro atoms. The first-order valence-electron chi connectivity index (χ1n) is 2.63. The number of rotatable bonds is 3. The van der Waals surface area contributed by atoms with Crippen LogP contribution < -0.4 is 0 Å². The quantitative estimate of drug-likeness (QED) is 0.400. The van der Waals surface area contributed by atoms with Gasteiger partial charge in [-0.05, 0) is 14.1 Å². The fraction of sp³-hybridized carbons (Fsp3) is 0.667. The standard InChI is InChI=1S/C6H12IN/c1-8(2)6-4-3-5-7/h3-4H,5-6H2,1-2H3/b4-3-. The van der Waals surface area contributed by atoms with Crippen LogP contribution in [-0.4, -0.2) is 30.0 Å². The van der Waals surface area contributed by atoms with Crippen LogP contribution in [0.5, 0.6) is 0 Å². The van der Waals surface area contributed by atoms with E-state index in [0.717, 1.165) is 11.0 Å². The molecule has 0 aliphatic rings. The van der Waals surface area contributed by atoms with Crippen LogP contribution in [-0.2, 0) is 0 Å². The van der Waals surface area contributed by atoms with Gasteiger partial charge in [0.1, 0.15) is 0 Å². The van der Waals surface area contributed by atoms with Crippen molar-refractivity contribution in [3.05, 3.63) is 12.2 Å². The van der Waals surface area contributed by atoms with E-state index >= 15 is 0 Å². The Kier molecular flexibility index (Phi) is 5.86. The normalized spacial score (nSPS) is 11.5.